The molecule has 0 N–H and O–H groups in total. The Hall–Kier alpha value is -7.11. The van der Waals surface area contributed by atoms with Crippen LogP contribution in [0.5, 0.6) is 11.5 Å². The van der Waals surface area contributed by atoms with Gasteiger partial charge < -0.3 is 18.8 Å². The summed E-state index contributed by atoms with van der Waals surface area (Å²) in [5.41, 5.74) is 11.1. The zero-order chi connectivity index (χ0) is 49.0. The van der Waals surface area contributed by atoms with Crippen LogP contribution >= 0.6 is 0 Å². The summed E-state index contributed by atoms with van der Waals surface area (Å²) in [6, 6.07) is 69.3. The van der Waals surface area contributed by atoms with E-state index in [-0.39, 0.29) is 31.9 Å². The molecular formula is C65H57N4OPtSi-3. The molecule has 0 aliphatic carbocycles. The molecule has 1 aliphatic rings. The van der Waals surface area contributed by atoms with Crippen molar-refractivity contribution in [2.75, 3.05) is 4.90 Å². The van der Waals surface area contributed by atoms with Gasteiger partial charge in [-0.05, 0) is 113 Å². The molecule has 0 unspecified atom stereocenters. The molecule has 12 rings (SSSR count). The molecular weight excluding hydrogens is 1080 g/mol. The van der Waals surface area contributed by atoms with Crippen LogP contribution in [0.2, 0.25) is 19.6 Å². The summed E-state index contributed by atoms with van der Waals surface area (Å²) < 4.78 is 11.4. The van der Waals surface area contributed by atoms with E-state index in [9.17, 15) is 0 Å². The van der Waals surface area contributed by atoms with E-state index < -0.39 is 8.07 Å². The quantitative estimate of drug-likeness (QED) is 0.123. The molecule has 8 aromatic carbocycles. The zero-order valence-corrected chi connectivity index (χ0v) is 45.6. The molecule has 1 aliphatic heterocycles. The third-order valence-corrected chi connectivity index (χ3v) is 16.4. The maximum Gasteiger partial charge on any atom is 0.135 e. The summed E-state index contributed by atoms with van der Waals surface area (Å²) in [4.78, 5) is 7.17. The van der Waals surface area contributed by atoms with Crippen LogP contribution in [0.25, 0.3) is 82.1 Å². The first-order chi connectivity index (χ1) is 34.1. The Balaban J connectivity index is 0.00000560. The number of anilines is 2. The van der Waals surface area contributed by atoms with Crippen molar-refractivity contribution in [3.8, 4) is 28.4 Å². The average Bonchev–Trinajstić information content (AvgIpc) is 3.92. The van der Waals surface area contributed by atoms with Crippen molar-refractivity contribution in [1.29, 1.82) is 0 Å². The first kappa shape index (κ1) is 47.2. The second kappa shape index (κ2) is 17.6. The second-order valence-electron chi connectivity index (χ2n) is 22.2. The number of rotatable bonds is 6. The number of para-hydroxylation sites is 3. The SMILES string of the molecule is CC(C)(C)c1cc(-c2cccc3c4ccccc4c4ccccc4c4cccc5c4n(c23)[CH-]N5c2[c-]c(Oc3[c-]c4c(cc3)c3ccccc3n4-c3cc(C(C)(C)C)ccn3)ccc2)cc([Si](C)(C)C)c1.[Pt]. The minimum absolute atomic E-state index is 0. The fourth-order valence-electron chi connectivity index (χ4n) is 10.5. The maximum atomic E-state index is 6.79. The van der Waals surface area contributed by atoms with Crippen molar-refractivity contribution >= 4 is 89.8 Å². The van der Waals surface area contributed by atoms with Gasteiger partial charge in [0, 0.05) is 50.0 Å². The maximum absolute atomic E-state index is 6.79. The van der Waals surface area contributed by atoms with Gasteiger partial charge >= 0.3 is 0 Å². The molecule has 0 saturated carbocycles. The van der Waals surface area contributed by atoms with E-state index in [4.69, 9.17) is 9.72 Å². The molecule has 11 aromatic rings. The van der Waals surface area contributed by atoms with Gasteiger partial charge in [-0.2, -0.15) is 12.1 Å². The molecule has 0 atom stereocenters. The van der Waals surface area contributed by atoms with Gasteiger partial charge in [-0.1, -0.05) is 193 Å². The van der Waals surface area contributed by atoms with Gasteiger partial charge in [0.1, 0.15) is 5.82 Å². The number of nitrogens with zero attached hydrogens (tertiary/aromatic N) is 4. The van der Waals surface area contributed by atoms with Crippen LogP contribution in [0.3, 0.4) is 0 Å². The molecule has 72 heavy (non-hydrogen) atoms. The van der Waals surface area contributed by atoms with Crippen molar-refractivity contribution in [2.45, 2.75) is 72.0 Å². The summed E-state index contributed by atoms with van der Waals surface area (Å²) in [5.74, 6) is 2.05. The van der Waals surface area contributed by atoms with Crippen LogP contribution in [0.4, 0.5) is 11.4 Å². The van der Waals surface area contributed by atoms with Crippen LogP contribution in [0.1, 0.15) is 52.7 Å². The van der Waals surface area contributed by atoms with Crippen LogP contribution in [0.15, 0.2) is 176 Å². The predicted octanol–water partition coefficient (Wildman–Crippen LogP) is 17.0. The number of pyridine rings is 1. The van der Waals surface area contributed by atoms with Crippen LogP contribution in [0, 0.1) is 18.8 Å². The summed E-state index contributed by atoms with van der Waals surface area (Å²) in [5, 5.41) is 10.8. The number of hydrogen-bond acceptors (Lipinski definition) is 3. The third-order valence-electron chi connectivity index (χ3n) is 14.4. The van der Waals surface area contributed by atoms with E-state index >= 15 is 0 Å². The van der Waals surface area contributed by atoms with Crippen LogP contribution < -0.4 is 14.8 Å². The Morgan fingerprint density at radius 3 is 1.81 bits per heavy atom. The van der Waals surface area contributed by atoms with E-state index in [1.807, 2.05) is 18.3 Å². The van der Waals surface area contributed by atoms with Gasteiger partial charge in [0.05, 0.1) is 8.07 Å². The fourth-order valence-corrected chi connectivity index (χ4v) is 11.7. The van der Waals surface area contributed by atoms with Gasteiger partial charge in [0.15, 0.2) is 0 Å². The van der Waals surface area contributed by atoms with Crippen molar-refractivity contribution in [1.82, 2.24) is 14.1 Å². The predicted molar refractivity (Wildman–Crippen MR) is 303 cm³/mol. The Kier molecular flexibility index (Phi) is 11.5. The molecule has 5 nitrogen and oxygen atoms in total. The molecule has 0 bridgehead atoms. The molecule has 0 fully saturated rings. The molecule has 4 heterocycles. The third kappa shape index (κ3) is 8.06. The van der Waals surface area contributed by atoms with Crippen LogP contribution in [-0.2, 0) is 31.9 Å². The van der Waals surface area contributed by atoms with E-state index in [1.54, 1.807) is 0 Å². The van der Waals surface area contributed by atoms with Gasteiger partial charge in [0.25, 0.3) is 0 Å². The second-order valence-corrected chi connectivity index (χ2v) is 27.3. The van der Waals surface area contributed by atoms with E-state index in [2.05, 4.69) is 252 Å². The Bertz CT molecular complexity index is 4000. The number of benzene rings is 8. The number of aromatic nitrogens is 3. The molecule has 7 heteroatoms. The van der Waals surface area contributed by atoms with Crippen molar-refractivity contribution < 1.29 is 25.8 Å². The van der Waals surface area contributed by atoms with Gasteiger partial charge in [-0.3, -0.25) is 0 Å². The number of hydrogen-bond donors (Lipinski definition) is 0. The van der Waals surface area contributed by atoms with Crippen molar-refractivity contribution in [3.63, 3.8) is 0 Å². The van der Waals surface area contributed by atoms with Gasteiger partial charge in [-0.15, -0.1) is 35.7 Å². The average molecular weight is 1130 g/mol. The van der Waals surface area contributed by atoms with E-state index in [0.717, 1.165) is 55.4 Å². The van der Waals surface area contributed by atoms with E-state index in [0.29, 0.717) is 11.5 Å². The topological polar surface area (TPSA) is 35.2 Å². The minimum Gasteiger partial charge on any atom is -0.509 e. The molecule has 0 saturated heterocycles. The Morgan fingerprint density at radius 1 is 0.528 bits per heavy atom. The zero-order valence-electron chi connectivity index (χ0n) is 42.3. The number of ether oxygens (including phenoxy) is 1. The van der Waals surface area contributed by atoms with Crippen molar-refractivity contribution in [3.05, 3.63) is 206 Å². The van der Waals surface area contributed by atoms with Crippen molar-refractivity contribution in [2.24, 2.45) is 0 Å². The minimum atomic E-state index is -1.73. The fraction of sp³-hybridized carbons (Fsp3) is 0.169. The standard InChI is InChI=1S/C65H57N4OSi.Pt/c1-64(2,3)43-33-34-66-61(38-43)69-58-29-15-14-25-54(58)55-32-31-47(40-60(55)69)70-46-20-16-19-45(39-46)67-41-68-62-49(42-35-44(65(4,5)6)37-48(36-42)71(7,8)9)26-17-27-56(62)52-23-12-10-21-50(52)51-22-11-13-24-53(51)57-28-18-30-59(67)63(57)68;/h10-38,41H,1-9H3;/q-3;. The smallest absolute Gasteiger partial charge is 0.135 e. The summed E-state index contributed by atoms with van der Waals surface area (Å²) >= 11 is 0. The Labute approximate surface area is 438 Å². The van der Waals surface area contributed by atoms with Crippen LogP contribution in [-0.4, -0.2) is 22.2 Å². The summed E-state index contributed by atoms with van der Waals surface area (Å²) in [6.45, 7) is 23.3. The molecule has 0 spiro atoms. The number of fused-ring (bicyclic) bond motifs is 10. The largest absolute Gasteiger partial charge is 0.509 e. The first-order valence-electron chi connectivity index (χ1n) is 24.8. The molecule has 3 aromatic heterocycles. The Morgan fingerprint density at radius 2 is 1.12 bits per heavy atom. The summed E-state index contributed by atoms with van der Waals surface area (Å²) in [7, 11) is -1.73. The van der Waals surface area contributed by atoms with Gasteiger partial charge in [0.2, 0.25) is 0 Å². The molecule has 360 valence electrons. The molecule has 0 amide bonds. The first-order valence-corrected chi connectivity index (χ1v) is 28.3. The van der Waals surface area contributed by atoms with Gasteiger partial charge in [-0.25, -0.2) is 4.98 Å². The van der Waals surface area contributed by atoms with E-state index in [1.165, 1.54) is 54.4 Å². The monoisotopic (exact) mass is 1130 g/mol. The summed E-state index contributed by atoms with van der Waals surface area (Å²) in [6.07, 6.45) is 1.91. The molecule has 0 radical (unpaired) electrons. The normalized spacial score (nSPS) is 12.8.